The van der Waals surface area contributed by atoms with Gasteiger partial charge in [0.2, 0.25) is 17.6 Å². The molecule has 0 N–H and O–H groups in total. The van der Waals surface area contributed by atoms with Crippen molar-refractivity contribution in [2.24, 2.45) is 0 Å². The molecule has 0 aliphatic carbocycles. The maximum absolute atomic E-state index is 12.4. The number of aromatic nitrogens is 2. The molecular formula is C20H19N3O2. The van der Waals surface area contributed by atoms with E-state index in [-0.39, 0.29) is 11.9 Å². The van der Waals surface area contributed by atoms with Crippen LogP contribution in [0.1, 0.15) is 35.9 Å². The Morgan fingerprint density at radius 2 is 2.00 bits per heavy atom. The van der Waals surface area contributed by atoms with Crippen molar-refractivity contribution in [1.82, 2.24) is 15.0 Å². The highest BCUT2D eigenvalue weighted by Gasteiger charge is 2.36. The first-order valence-corrected chi connectivity index (χ1v) is 8.45. The first-order valence-electron chi connectivity index (χ1n) is 8.45. The van der Waals surface area contributed by atoms with E-state index in [0.717, 1.165) is 11.1 Å². The fourth-order valence-corrected chi connectivity index (χ4v) is 3.27. The number of nitrogens with zero attached hydrogens (tertiary/aromatic N) is 3. The van der Waals surface area contributed by atoms with Crippen LogP contribution in [-0.4, -0.2) is 20.9 Å². The van der Waals surface area contributed by atoms with Gasteiger partial charge in [0, 0.05) is 18.5 Å². The zero-order valence-electron chi connectivity index (χ0n) is 14.1. The van der Waals surface area contributed by atoms with Gasteiger partial charge in [-0.1, -0.05) is 65.3 Å². The molecule has 1 unspecified atom stereocenters. The van der Waals surface area contributed by atoms with Crippen LogP contribution in [0.15, 0.2) is 59.1 Å². The predicted molar refractivity (Wildman–Crippen MR) is 93.4 cm³/mol. The maximum atomic E-state index is 12.4. The van der Waals surface area contributed by atoms with Crippen LogP contribution in [0.25, 0.3) is 11.4 Å². The van der Waals surface area contributed by atoms with Crippen LogP contribution in [0.2, 0.25) is 0 Å². The van der Waals surface area contributed by atoms with E-state index in [2.05, 4.69) is 29.2 Å². The largest absolute Gasteiger partial charge is 0.337 e. The molecule has 4 rings (SSSR count). The van der Waals surface area contributed by atoms with Crippen molar-refractivity contribution in [3.05, 3.63) is 71.6 Å². The van der Waals surface area contributed by atoms with Crippen molar-refractivity contribution in [3.63, 3.8) is 0 Å². The van der Waals surface area contributed by atoms with E-state index in [1.54, 1.807) is 0 Å². The summed E-state index contributed by atoms with van der Waals surface area (Å²) < 4.78 is 5.49. The smallest absolute Gasteiger partial charge is 0.249 e. The van der Waals surface area contributed by atoms with Crippen LogP contribution in [0.5, 0.6) is 0 Å². The van der Waals surface area contributed by atoms with Gasteiger partial charge in [-0.05, 0) is 18.9 Å². The number of aryl methyl sites for hydroxylation is 1. The van der Waals surface area contributed by atoms with E-state index in [4.69, 9.17) is 4.52 Å². The maximum Gasteiger partial charge on any atom is 0.249 e. The molecule has 0 saturated carbocycles. The van der Waals surface area contributed by atoms with Crippen molar-refractivity contribution in [2.45, 2.75) is 32.4 Å². The fourth-order valence-electron chi connectivity index (χ4n) is 3.27. The van der Waals surface area contributed by atoms with Crippen LogP contribution < -0.4 is 0 Å². The van der Waals surface area contributed by atoms with Crippen molar-refractivity contribution < 1.29 is 9.32 Å². The number of hydrogen-bond acceptors (Lipinski definition) is 4. The highest BCUT2D eigenvalue weighted by atomic mass is 16.5. The van der Waals surface area contributed by atoms with Gasteiger partial charge in [0.25, 0.3) is 0 Å². The third-order valence-electron chi connectivity index (χ3n) is 4.52. The number of amides is 1. The Kier molecular flexibility index (Phi) is 4.06. The second kappa shape index (κ2) is 6.51. The molecule has 1 atom stereocenters. The lowest BCUT2D eigenvalue weighted by molar-refractivity contribution is -0.129. The monoisotopic (exact) mass is 333 g/mol. The lowest BCUT2D eigenvalue weighted by Crippen LogP contribution is -2.27. The topological polar surface area (TPSA) is 59.2 Å². The third kappa shape index (κ3) is 3.18. The van der Waals surface area contributed by atoms with Gasteiger partial charge >= 0.3 is 0 Å². The molecule has 1 aliphatic heterocycles. The van der Waals surface area contributed by atoms with Gasteiger partial charge in [0.1, 0.15) is 6.04 Å². The summed E-state index contributed by atoms with van der Waals surface area (Å²) in [6, 6.07) is 17.8. The first kappa shape index (κ1) is 15.6. The van der Waals surface area contributed by atoms with Crippen molar-refractivity contribution in [3.8, 4) is 11.4 Å². The Bertz CT molecular complexity index is 889. The molecule has 5 heteroatoms. The van der Waals surface area contributed by atoms with Gasteiger partial charge in [-0.25, -0.2) is 0 Å². The Hall–Kier alpha value is -2.95. The van der Waals surface area contributed by atoms with Gasteiger partial charge < -0.3 is 9.42 Å². The molecular weight excluding hydrogens is 314 g/mol. The van der Waals surface area contributed by atoms with Crippen molar-refractivity contribution in [1.29, 1.82) is 0 Å². The Morgan fingerprint density at radius 3 is 2.80 bits per heavy atom. The van der Waals surface area contributed by atoms with Crippen molar-refractivity contribution in [2.75, 3.05) is 0 Å². The summed E-state index contributed by atoms with van der Waals surface area (Å²) in [6.45, 7) is 2.62. The molecule has 1 aromatic heterocycles. The minimum Gasteiger partial charge on any atom is -0.337 e. The van der Waals surface area contributed by atoms with E-state index in [1.165, 1.54) is 5.56 Å². The van der Waals surface area contributed by atoms with Crippen molar-refractivity contribution >= 4 is 5.91 Å². The zero-order chi connectivity index (χ0) is 17.2. The van der Waals surface area contributed by atoms with Gasteiger partial charge in [-0.15, -0.1) is 0 Å². The molecule has 0 bridgehead atoms. The summed E-state index contributed by atoms with van der Waals surface area (Å²) in [5, 5.41) is 4.09. The quantitative estimate of drug-likeness (QED) is 0.726. The highest BCUT2D eigenvalue weighted by molar-refractivity contribution is 5.78. The molecule has 1 saturated heterocycles. The molecule has 2 heterocycles. The summed E-state index contributed by atoms with van der Waals surface area (Å²) in [4.78, 5) is 18.7. The predicted octanol–water partition coefficient (Wildman–Crippen LogP) is 3.91. The van der Waals surface area contributed by atoms with Gasteiger partial charge in [0.05, 0.1) is 0 Å². The number of likely N-dealkylation sites (tertiary alicyclic amines) is 1. The van der Waals surface area contributed by atoms with Crippen LogP contribution in [-0.2, 0) is 11.3 Å². The van der Waals surface area contributed by atoms with Crippen LogP contribution in [0.4, 0.5) is 0 Å². The molecule has 1 fully saturated rings. The number of hydrogen-bond donors (Lipinski definition) is 0. The summed E-state index contributed by atoms with van der Waals surface area (Å²) in [6.07, 6.45) is 1.22. The second-order valence-electron chi connectivity index (χ2n) is 6.39. The summed E-state index contributed by atoms with van der Waals surface area (Å²) in [5.41, 5.74) is 3.21. The van der Waals surface area contributed by atoms with Crippen LogP contribution >= 0.6 is 0 Å². The molecule has 1 amide bonds. The lowest BCUT2D eigenvalue weighted by Gasteiger charge is -2.22. The van der Waals surface area contributed by atoms with E-state index in [1.807, 2.05) is 47.4 Å². The standard InChI is InChI=1S/C20H19N3O2/c1-14-6-5-7-15(12-14)13-23-17(10-11-18(23)24)20-21-19(22-25-20)16-8-3-2-4-9-16/h2-9,12,17H,10-11,13H2,1H3. The normalized spacial score (nSPS) is 17.2. The summed E-state index contributed by atoms with van der Waals surface area (Å²) in [7, 11) is 0. The zero-order valence-corrected chi connectivity index (χ0v) is 14.1. The average Bonchev–Trinajstić information content (AvgIpc) is 3.24. The molecule has 25 heavy (non-hydrogen) atoms. The average molecular weight is 333 g/mol. The SMILES string of the molecule is Cc1cccc(CN2C(=O)CCC2c2nc(-c3ccccc3)no2)c1. The first-order chi connectivity index (χ1) is 12.2. The molecule has 3 aromatic rings. The third-order valence-corrected chi connectivity index (χ3v) is 4.52. The molecule has 126 valence electrons. The lowest BCUT2D eigenvalue weighted by atomic mass is 10.1. The molecule has 5 nitrogen and oxygen atoms in total. The summed E-state index contributed by atoms with van der Waals surface area (Å²) >= 11 is 0. The molecule has 2 aromatic carbocycles. The molecule has 1 aliphatic rings. The molecule has 0 radical (unpaired) electrons. The minimum absolute atomic E-state index is 0.131. The number of carbonyl (C=O) groups excluding carboxylic acids is 1. The van der Waals surface area contributed by atoms with Crippen LogP contribution in [0.3, 0.4) is 0 Å². The summed E-state index contributed by atoms with van der Waals surface area (Å²) in [5.74, 6) is 1.20. The fraction of sp³-hybridized carbons (Fsp3) is 0.250. The van der Waals surface area contributed by atoms with E-state index in [0.29, 0.717) is 31.1 Å². The number of carbonyl (C=O) groups is 1. The number of rotatable bonds is 4. The number of benzene rings is 2. The Morgan fingerprint density at radius 1 is 1.16 bits per heavy atom. The molecule has 0 spiro atoms. The van der Waals surface area contributed by atoms with Crippen LogP contribution in [0, 0.1) is 6.92 Å². The Balaban J connectivity index is 1.59. The van der Waals surface area contributed by atoms with E-state index >= 15 is 0 Å². The van der Waals surface area contributed by atoms with Gasteiger partial charge in [-0.2, -0.15) is 4.98 Å². The second-order valence-corrected chi connectivity index (χ2v) is 6.39. The van der Waals surface area contributed by atoms with Gasteiger partial charge in [0.15, 0.2) is 0 Å². The minimum atomic E-state index is -0.155. The highest BCUT2D eigenvalue weighted by Crippen LogP contribution is 2.34. The van der Waals surface area contributed by atoms with Gasteiger partial charge in [-0.3, -0.25) is 4.79 Å². The van der Waals surface area contributed by atoms with E-state index < -0.39 is 0 Å². The Labute approximate surface area is 146 Å². The van der Waals surface area contributed by atoms with E-state index in [9.17, 15) is 4.79 Å².